The summed E-state index contributed by atoms with van der Waals surface area (Å²) in [7, 11) is 0. The number of hydrogen-bond donors (Lipinski definition) is 1. The number of alkyl halides is 4. The Labute approximate surface area is 93.6 Å². The Morgan fingerprint density at radius 1 is 1.33 bits per heavy atom. The summed E-state index contributed by atoms with van der Waals surface area (Å²) < 4.78 is 36.8. The van der Waals surface area contributed by atoms with Crippen molar-refractivity contribution in [1.29, 1.82) is 0 Å². The molecule has 0 bridgehead atoms. The predicted octanol–water partition coefficient (Wildman–Crippen LogP) is 3.03. The summed E-state index contributed by atoms with van der Waals surface area (Å²) >= 11 is 3.08. The van der Waals surface area contributed by atoms with Gasteiger partial charge >= 0.3 is 6.18 Å². The van der Waals surface area contributed by atoms with Crippen molar-refractivity contribution >= 4 is 21.6 Å². The first kappa shape index (κ1) is 11.9. The maximum Gasteiger partial charge on any atom is 0.416 e. The maximum atomic E-state index is 12.3. The molecule has 5 heteroatoms. The summed E-state index contributed by atoms with van der Waals surface area (Å²) in [4.78, 5) is 0. The van der Waals surface area contributed by atoms with Crippen molar-refractivity contribution in [2.75, 3.05) is 11.1 Å². The molecule has 15 heavy (non-hydrogen) atoms. The quantitative estimate of drug-likeness (QED) is 0.440. The highest BCUT2D eigenvalue weighted by Crippen LogP contribution is 2.31. The first-order valence-electron chi connectivity index (χ1n) is 3.96. The van der Waals surface area contributed by atoms with Gasteiger partial charge < -0.3 is 5.73 Å². The van der Waals surface area contributed by atoms with E-state index in [0.29, 0.717) is 10.9 Å². The summed E-state index contributed by atoms with van der Waals surface area (Å²) in [5, 5.41) is 0.452. The van der Waals surface area contributed by atoms with Crippen LogP contribution in [0.3, 0.4) is 0 Å². The molecule has 0 radical (unpaired) electrons. The highest BCUT2D eigenvalue weighted by Gasteiger charge is 2.30. The molecule has 0 atom stereocenters. The minimum absolute atomic E-state index is 0.0401. The molecule has 0 unspecified atom stereocenters. The first-order valence-corrected chi connectivity index (χ1v) is 5.09. The van der Waals surface area contributed by atoms with Gasteiger partial charge in [0.15, 0.2) is 0 Å². The summed E-state index contributed by atoms with van der Waals surface area (Å²) in [6.07, 6.45) is -4.37. The van der Waals surface area contributed by atoms with Crippen LogP contribution in [-0.2, 0) is 6.18 Å². The Kier molecular flexibility index (Phi) is 3.64. The standard InChI is InChI=1S/C10H7BrF3N/c11-5-1-2-7-3-4-8(6-9(7)15)10(12,13)14/h3-4,6H,5,15H2. The van der Waals surface area contributed by atoms with Crippen LogP contribution in [0.15, 0.2) is 18.2 Å². The number of nitrogens with two attached hydrogens (primary N) is 1. The van der Waals surface area contributed by atoms with Crippen LogP contribution in [0.1, 0.15) is 11.1 Å². The van der Waals surface area contributed by atoms with Crippen molar-refractivity contribution in [3.63, 3.8) is 0 Å². The number of hydrogen-bond acceptors (Lipinski definition) is 1. The van der Waals surface area contributed by atoms with Gasteiger partial charge in [0.1, 0.15) is 0 Å². The lowest BCUT2D eigenvalue weighted by Gasteiger charge is -2.07. The van der Waals surface area contributed by atoms with Crippen LogP contribution >= 0.6 is 15.9 Å². The van der Waals surface area contributed by atoms with Crippen molar-refractivity contribution in [2.45, 2.75) is 6.18 Å². The number of halogens is 4. The number of anilines is 1. The van der Waals surface area contributed by atoms with Gasteiger partial charge in [-0.05, 0) is 18.2 Å². The van der Waals surface area contributed by atoms with Crippen LogP contribution in [-0.4, -0.2) is 5.33 Å². The Balaban J connectivity index is 3.09. The zero-order valence-corrected chi connectivity index (χ0v) is 9.11. The second-order valence-corrected chi connectivity index (χ2v) is 3.30. The van der Waals surface area contributed by atoms with E-state index in [1.54, 1.807) is 0 Å². The predicted molar refractivity (Wildman–Crippen MR) is 56.5 cm³/mol. The van der Waals surface area contributed by atoms with Gasteiger partial charge in [-0.1, -0.05) is 27.8 Å². The van der Waals surface area contributed by atoms with Crippen molar-refractivity contribution in [3.8, 4) is 11.8 Å². The average Bonchev–Trinajstić information content (AvgIpc) is 2.14. The van der Waals surface area contributed by atoms with Crippen LogP contribution in [0, 0.1) is 11.8 Å². The Morgan fingerprint density at radius 3 is 2.47 bits per heavy atom. The molecule has 2 N–H and O–H groups in total. The monoisotopic (exact) mass is 277 g/mol. The molecule has 0 saturated carbocycles. The van der Waals surface area contributed by atoms with Crippen molar-refractivity contribution < 1.29 is 13.2 Å². The van der Waals surface area contributed by atoms with Gasteiger partial charge in [-0.3, -0.25) is 0 Å². The Morgan fingerprint density at radius 2 is 2.00 bits per heavy atom. The van der Waals surface area contributed by atoms with E-state index in [-0.39, 0.29) is 5.69 Å². The van der Waals surface area contributed by atoms with Gasteiger partial charge in [-0.15, -0.1) is 0 Å². The van der Waals surface area contributed by atoms with E-state index in [0.717, 1.165) is 12.1 Å². The van der Waals surface area contributed by atoms with E-state index >= 15 is 0 Å². The fourth-order valence-corrected chi connectivity index (χ4v) is 1.12. The zero-order chi connectivity index (χ0) is 11.5. The lowest BCUT2D eigenvalue weighted by molar-refractivity contribution is -0.137. The molecule has 0 amide bonds. The van der Waals surface area contributed by atoms with Crippen LogP contribution < -0.4 is 5.73 Å². The van der Waals surface area contributed by atoms with Crippen LogP contribution in [0.4, 0.5) is 18.9 Å². The van der Waals surface area contributed by atoms with E-state index in [1.807, 2.05) is 0 Å². The SMILES string of the molecule is Nc1cc(C(F)(F)F)ccc1C#CCBr. The minimum Gasteiger partial charge on any atom is -0.398 e. The fraction of sp³-hybridized carbons (Fsp3) is 0.200. The van der Waals surface area contributed by atoms with E-state index in [1.165, 1.54) is 6.07 Å². The van der Waals surface area contributed by atoms with Gasteiger partial charge in [0.2, 0.25) is 0 Å². The van der Waals surface area contributed by atoms with Gasteiger partial charge in [-0.2, -0.15) is 13.2 Å². The molecule has 0 saturated heterocycles. The molecule has 80 valence electrons. The topological polar surface area (TPSA) is 26.0 Å². The third-order valence-corrected chi connectivity index (χ3v) is 1.95. The summed E-state index contributed by atoms with van der Waals surface area (Å²) in [6, 6.07) is 3.13. The lowest BCUT2D eigenvalue weighted by Crippen LogP contribution is -2.06. The lowest BCUT2D eigenvalue weighted by atomic mass is 10.1. The number of benzene rings is 1. The highest BCUT2D eigenvalue weighted by molar-refractivity contribution is 9.09. The largest absolute Gasteiger partial charge is 0.416 e. The van der Waals surface area contributed by atoms with Gasteiger partial charge in [-0.25, -0.2) is 0 Å². The smallest absolute Gasteiger partial charge is 0.398 e. The summed E-state index contributed by atoms with van der Waals surface area (Å²) in [6.45, 7) is 0. The molecule has 1 aromatic rings. The molecular weight excluding hydrogens is 271 g/mol. The molecule has 1 rings (SSSR count). The van der Waals surface area contributed by atoms with Crippen molar-refractivity contribution in [2.24, 2.45) is 0 Å². The molecule has 0 aliphatic carbocycles. The molecule has 0 heterocycles. The van der Waals surface area contributed by atoms with E-state index in [2.05, 4.69) is 27.8 Å². The normalized spacial score (nSPS) is 10.7. The van der Waals surface area contributed by atoms with E-state index in [4.69, 9.17) is 5.73 Å². The molecule has 0 fully saturated rings. The molecule has 1 nitrogen and oxygen atoms in total. The summed E-state index contributed by atoms with van der Waals surface area (Å²) in [5.74, 6) is 5.32. The third-order valence-electron chi connectivity index (χ3n) is 1.67. The van der Waals surface area contributed by atoms with Crippen molar-refractivity contribution in [3.05, 3.63) is 29.3 Å². The summed E-state index contributed by atoms with van der Waals surface area (Å²) in [5.41, 5.74) is 5.13. The second kappa shape index (κ2) is 4.58. The van der Waals surface area contributed by atoms with Crippen LogP contribution in [0.5, 0.6) is 0 Å². The van der Waals surface area contributed by atoms with Gasteiger partial charge in [0.25, 0.3) is 0 Å². The Bertz CT molecular complexity index is 415. The Hall–Kier alpha value is -1.15. The maximum absolute atomic E-state index is 12.3. The van der Waals surface area contributed by atoms with E-state index in [9.17, 15) is 13.2 Å². The first-order chi connectivity index (χ1) is 6.95. The molecule has 0 spiro atoms. The minimum atomic E-state index is -4.37. The zero-order valence-electron chi connectivity index (χ0n) is 7.53. The number of rotatable bonds is 0. The third kappa shape index (κ3) is 3.17. The van der Waals surface area contributed by atoms with Gasteiger partial charge in [0.05, 0.1) is 10.9 Å². The van der Waals surface area contributed by atoms with Crippen molar-refractivity contribution in [1.82, 2.24) is 0 Å². The highest BCUT2D eigenvalue weighted by atomic mass is 79.9. The molecule has 0 aromatic heterocycles. The second-order valence-electron chi connectivity index (χ2n) is 2.74. The van der Waals surface area contributed by atoms with E-state index < -0.39 is 11.7 Å². The number of nitrogen functional groups attached to an aromatic ring is 1. The molecule has 0 aliphatic rings. The average molecular weight is 278 g/mol. The molecular formula is C10H7BrF3N. The molecule has 0 aliphatic heterocycles. The fourth-order valence-electron chi connectivity index (χ4n) is 0.982. The van der Waals surface area contributed by atoms with Crippen LogP contribution in [0.2, 0.25) is 0 Å². The van der Waals surface area contributed by atoms with Crippen LogP contribution in [0.25, 0.3) is 0 Å². The van der Waals surface area contributed by atoms with Gasteiger partial charge in [0, 0.05) is 11.3 Å². The molecule has 1 aromatic carbocycles.